The number of rotatable bonds is 8. The first-order valence-corrected chi connectivity index (χ1v) is 11.0. The molecule has 6 nitrogen and oxygen atoms in total. The van der Waals surface area contributed by atoms with Gasteiger partial charge in [-0.05, 0) is 43.7 Å². The molecule has 27 heavy (non-hydrogen) atoms. The number of aryl methyl sites for hydroxylation is 1. The first-order valence-electron chi connectivity index (χ1n) is 8.38. The molecule has 1 unspecified atom stereocenters. The van der Waals surface area contributed by atoms with Gasteiger partial charge in [0.2, 0.25) is 15.9 Å². The van der Waals surface area contributed by atoms with Crippen LogP contribution in [0.25, 0.3) is 0 Å². The minimum Gasteiger partial charge on any atom is -0.491 e. The number of para-hydroxylation sites is 1. The van der Waals surface area contributed by atoms with Crippen LogP contribution in [0, 0.1) is 6.92 Å². The van der Waals surface area contributed by atoms with E-state index in [1.165, 1.54) is 0 Å². The van der Waals surface area contributed by atoms with Gasteiger partial charge in [0.15, 0.2) is 0 Å². The minimum atomic E-state index is -3.61. The maximum atomic E-state index is 12.4. The van der Waals surface area contributed by atoms with Gasteiger partial charge in [-0.2, -0.15) is 0 Å². The number of anilines is 1. The second-order valence-electron chi connectivity index (χ2n) is 6.29. The predicted molar refractivity (Wildman–Crippen MR) is 111 cm³/mol. The first kappa shape index (κ1) is 21.2. The van der Waals surface area contributed by atoms with Gasteiger partial charge in [-0.1, -0.05) is 40.2 Å². The third kappa shape index (κ3) is 6.55. The second-order valence-corrected chi connectivity index (χ2v) is 9.12. The summed E-state index contributed by atoms with van der Waals surface area (Å²) in [5.74, 6) is 0.354. The highest BCUT2D eigenvalue weighted by atomic mass is 79.9. The number of ether oxygens (including phenoxy) is 1. The summed E-state index contributed by atoms with van der Waals surface area (Å²) in [6.45, 7) is 3.73. The van der Waals surface area contributed by atoms with E-state index in [-0.39, 0.29) is 19.2 Å². The van der Waals surface area contributed by atoms with E-state index in [2.05, 4.69) is 21.2 Å². The third-order valence-corrected chi connectivity index (χ3v) is 5.41. The van der Waals surface area contributed by atoms with Crippen LogP contribution in [-0.2, 0) is 14.8 Å². The molecule has 0 bridgehead atoms. The van der Waals surface area contributed by atoms with E-state index < -0.39 is 15.9 Å². The highest BCUT2D eigenvalue weighted by molar-refractivity contribution is 9.10. The van der Waals surface area contributed by atoms with Crippen LogP contribution in [0.3, 0.4) is 0 Å². The highest BCUT2D eigenvalue weighted by Crippen LogP contribution is 2.22. The molecule has 0 saturated heterocycles. The minimum absolute atomic E-state index is 0.277. The third-order valence-electron chi connectivity index (χ3n) is 3.77. The maximum Gasteiger partial charge on any atom is 0.241 e. The molecule has 146 valence electrons. The number of nitrogens with one attached hydrogen (secondary N) is 1. The van der Waals surface area contributed by atoms with Crippen molar-refractivity contribution in [3.8, 4) is 5.75 Å². The zero-order valence-corrected chi connectivity index (χ0v) is 17.9. The number of halogens is 1. The van der Waals surface area contributed by atoms with E-state index in [0.29, 0.717) is 5.69 Å². The summed E-state index contributed by atoms with van der Waals surface area (Å²) in [4.78, 5) is 12.4. The molecule has 0 aliphatic heterocycles. The van der Waals surface area contributed by atoms with E-state index >= 15 is 0 Å². The molecular formula is C19H23BrN2O4S. The summed E-state index contributed by atoms with van der Waals surface area (Å²) in [6.07, 6.45) is 1.08. The van der Waals surface area contributed by atoms with Gasteiger partial charge in [-0.3, -0.25) is 9.10 Å². The Hall–Kier alpha value is -2.06. The van der Waals surface area contributed by atoms with Gasteiger partial charge in [0.05, 0.1) is 18.0 Å². The van der Waals surface area contributed by atoms with Crippen molar-refractivity contribution in [1.29, 1.82) is 0 Å². The number of hydrogen-bond donors (Lipinski definition) is 1. The SMILES string of the molecule is Cc1ccccc1OCC(C)NC(=O)CN(c1cccc(Br)c1)S(C)(=O)=O. The molecule has 0 fully saturated rings. The quantitative estimate of drug-likeness (QED) is 0.664. The molecule has 0 saturated carbocycles. The Morgan fingerprint density at radius 3 is 2.56 bits per heavy atom. The standard InChI is InChI=1S/C19H23BrN2O4S/c1-14-7-4-5-10-18(14)26-13-15(2)21-19(23)12-22(27(3,24)25)17-9-6-8-16(20)11-17/h4-11,15H,12-13H2,1-3H3,(H,21,23). The smallest absolute Gasteiger partial charge is 0.241 e. The Balaban J connectivity index is 1.98. The molecule has 2 rings (SSSR count). The topological polar surface area (TPSA) is 75.7 Å². The van der Waals surface area contributed by atoms with Gasteiger partial charge >= 0.3 is 0 Å². The van der Waals surface area contributed by atoms with Crippen molar-refractivity contribution < 1.29 is 17.9 Å². The summed E-state index contributed by atoms with van der Waals surface area (Å²) in [5, 5.41) is 2.77. The zero-order chi connectivity index (χ0) is 20.0. The van der Waals surface area contributed by atoms with E-state index in [4.69, 9.17) is 4.74 Å². The monoisotopic (exact) mass is 454 g/mol. The average Bonchev–Trinajstić information content (AvgIpc) is 2.58. The van der Waals surface area contributed by atoms with E-state index in [9.17, 15) is 13.2 Å². The van der Waals surface area contributed by atoms with Crippen LogP contribution in [0.1, 0.15) is 12.5 Å². The van der Waals surface area contributed by atoms with Crippen LogP contribution in [-0.4, -0.2) is 39.8 Å². The summed E-state index contributed by atoms with van der Waals surface area (Å²) >= 11 is 3.31. The lowest BCUT2D eigenvalue weighted by Crippen LogP contribution is -2.44. The summed E-state index contributed by atoms with van der Waals surface area (Å²) in [6, 6.07) is 14.1. The normalized spacial score (nSPS) is 12.3. The summed E-state index contributed by atoms with van der Waals surface area (Å²) < 4.78 is 31.8. The van der Waals surface area contributed by atoms with Crippen molar-refractivity contribution in [3.05, 3.63) is 58.6 Å². The molecule has 2 aromatic carbocycles. The number of carbonyl (C=O) groups excluding carboxylic acids is 1. The molecule has 0 heterocycles. The van der Waals surface area contributed by atoms with Crippen LogP contribution >= 0.6 is 15.9 Å². The molecular weight excluding hydrogens is 432 g/mol. The molecule has 1 atom stereocenters. The largest absolute Gasteiger partial charge is 0.491 e. The van der Waals surface area contributed by atoms with Gasteiger partial charge in [0, 0.05) is 4.47 Å². The van der Waals surface area contributed by atoms with Crippen molar-refractivity contribution in [2.24, 2.45) is 0 Å². The second kappa shape index (κ2) is 9.23. The Labute approximate surface area is 168 Å². The maximum absolute atomic E-state index is 12.4. The van der Waals surface area contributed by atoms with Crippen molar-refractivity contribution >= 4 is 37.5 Å². The zero-order valence-electron chi connectivity index (χ0n) is 15.5. The fourth-order valence-electron chi connectivity index (χ4n) is 2.46. The number of nitrogens with zero attached hydrogens (tertiary/aromatic N) is 1. The summed E-state index contributed by atoms with van der Waals surface area (Å²) in [7, 11) is -3.61. The van der Waals surface area contributed by atoms with Gasteiger partial charge in [-0.15, -0.1) is 0 Å². The van der Waals surface area contributed by atoms with Crippen molar-refractivity contribution in [3.63, 3.8) is 0 Å². The molecule has 0 aromatic heterocycles. The van der Waals surface area contributed by atoms with Crippen molar-refractivity contribution in [2.75, 3.05) is 23.7 Å². The Morgan fingerprint density at radius 2 is 1.93 bits per heavy atom. The average molecular weight is 455 g/mol. The number of carbonyl (C=O) groups is 1. The van der Waals surface area contributed by atoms with Gasteiger partial charge < -0.3 is 10.1 Å². The number of benzene rings is 2. The molecule has 8 heteroatoms. The number of amides is 1. The Morgan fingerprint density at radius 1 is 1.22 bits per heavy atom. The summed E-state index contributed by atoms with van der Waals surface area (Å²) in [5.41, 5.74) is 1.43. The van der Waals surface area contributed by atoms with Crippen LogP contribution < -0.4 is 14.4 Å². The van der Waals surface area contributed by atoms with Crippen LogP contribution in [0.2, 0.25) is 0 Å². The number of hydrogen-bond acceptors (Lipinski definition) is 4. The first-order chi connectivity index (χ1) is 12.7. The predicted octanol–water partition coefficient (Wildman–Crippen LogP) is 3.11. The van der Waals surface area contributed by atoms with E-state index in [0.717, 1.165) is 26.3 Å². The van der Waals surface area contributed by atoms with Crippen LogP contribution in [0.15, 0.2) is 53.0 Å². The molecule has 1 N–H and O–H groups in total. The lowest BCUT2D eigenvalue weighted by molar-refractivity contribution is -0.120. The molecule has 1 amide bonds. The lowest BCUT2D eigenvalue weighted by Gasteiger charge is -2.23. The molecule has 0 aliphatic rings. The van der Waals surface area contributed by atoms with Crippen LogP contribution in [0.5, 0.6) is 5.75 Å². The Kier molecular flexibility index (Phi) is 7.26. The highest BCUT2D eigenvalue weighted by Gasteiger charge is 2.22. The molecule has 2 aromatic rings. The van der Waals surface area contributed by atoms with Gasteiger partial charge in [-0.25, -0.2) is 8.42 Å². The van der Waals surface area contributed by atoms with Crippen LogP contribution in [0.4, 0.5) is 5.69 Å². The molecule has 0 spiro atoms. The van der Waals surface area contributed by atoms with E-state index in [1.807, 2.05) is 31.2 Å². The molecule has 0 radical (unpaired) electrons. The Bertz CT molecular complexity index is 902. The van der Waals surface area contributed by atoms with E-state index in [1.54, 1.807) is 31.2 Å². The van der Waals surface area contributed by atoms with Crippen molar-refractivity contribution in [1.82, 2.24) is 5.32 Å². The fraction of sp³-hybridized carbons (Fsp3) is 0.316. The van der Waals surface area contributed by atoms with Gasteiger partial charge in [0.25, 0.3) is 0 Å². The van der Waals surface area contributed by atoms with Crippen molar-refractivity contribution in [2.45, 2.75) is 19.9 Å². The number of sulfonamides is 1. The van der Waals surface area contributed by atoms with Gasteiger partial charge in [0.1, 0.15) is 18.9 Å². The lowest BCUT2D eigenvalue weighted by atomic mass is 10.2. The fourth-order valence-corrected chi connectivity index (χ4v) is 3.69. The molecule has 0 aliphatic carbocycles.